The van der Waals surface area contributed by atoms with E-state index in [9.17, 15) is 9.18 Å². The van der Waals surface area contributed by atoms with Gasteiger partial charge in [-0.2, -0.15) is 0 Å². The molecule has 0 radical (unpaired) electrons. The van der Waals surface area contributed by atoms with Crippen LogP contribution in [0.5, 0.6) is 0 Å². The van der Waals surface area contributed by atoms with Crippen molar-refractivity contribution in [1.29, 1.82) is 0 Å². The first-order valence-electron chi connectivity index (χ1n) is 6.26. The molecule has 2 rings (SSSR count). The van der Waals surface area contributed by atoms with Gasteiger partial charge in [0.1, 0.15) is 11.6 Å². The molecule has 0 amide bonds. The van der Waals surface area contributed by atoms with Crippen molar-refractivity contribution in [2.75, 3.05) is 0 Å². The van der Waals surface area contributed by atoms with E-state index in [1.807, 2.05) is 6.07 Å². The Balaban J connectivity index is 2.41. The molecule has 1 aromatic rings. The first-order valence-corrected chi connectivity index (χ1v) is 6.26. The van der Waals surface area contributed by atoms with Crippen molar-refractivity contribution in [3.63, 3.8) is 0 Å². The number of hydrogen-bond donors (Lipinski definition) is 0. The summed E-state index contributed by atoms with van der Waals surface area (Å²) in [4.78, 5) is 11.3. The van der Waals surface area contributed by atoms with Crippen molar-refractivity contribution < 1.29 is 9.18 Å². The Morgan fingerprint density at radius 1 is 1.11 bits per heavy atom. The average Bonchev–Trinajstić information content (AvgIpc) is 2.39. The van der Waals surface area contributed by atoms with Gasteiger partial charge < -0.3 is 0 Å². The highest BCUT2D eigenvalue weighted by molar-refractivity contribution is 5.79. The highest BCUT2D eigenvalue weighted by Crippen LogP contribution is 2.35. The molecule has 94 valence electrons. The van der Waals surface area contributed by atoms with Crippen LogP contribution < -0.4 is 0 Å². The summed E-state index contributed by atoms with van der Waals surface area (Å²) in [7, 11) is 0. The largest absolute Gasteiger partial charge is 0.300 e. The van der Waals surface area contributed by atoms with Gasteiger partial charge in [-0.15, -0.1) is 0 Å². The summed E-state index contributed by atoms with van der Waals surface area (Å²) in [5.41, 5.74) is 2.43. The Labute approximate surface area is 107 Å². The molecule has 1 nitrogen and oxygen atoms in total. The lowest BCUT2D eigenvalue weighted by atomic mass is 9.80. The third-order valence-electron chi connectivity index (χ3n) is 3.66. The van der Waals surface area contributed by atoms with E-state index < -0.39 is 0 Å². The van der Waals surface area contributed by atoms with E-state index in [1.54, 1.807) is 6.08 Å². The lowest BCUT2D eigenvalue weighted by Gasteiger charge is -2.24. The van der Waals surface area contributed by atoms with E-state index in [2.05, 4.69) is 13.2 Å². The van der Waals surface area contributed by atoms with Crippen molar-refractivity contribution >= 4 is 17.9 Å². The van der Waals surface area contributed by atoms with Gasteiger partial charge in [0, 0.05) is 18.4 Å². The number of carbonyl (C=O) groups excluding carboxylic acids is 1. The second kappa shape index (κ2) is 5.30. The first-order chi connectivity index (χ1) is 8.67. The van der Waals surface area contributed by atoms with Crippen LogP contribution in [0.15, 0.2) is 25.3 Å². The highest BCUT2D eigenvalue weighted by Gasteiger charge is 2.23. The fourth-order valence-corrected chi connectivity index (χ4v) is 2.67. The molecule has 18 heavy (non-hydrogen) atoms. The monoisotopic (exact) mass is 244 g/mol. The summed E-state index contributed by atoms with van der Waals surface area (Å²) in [5.74, 6) is 0.392. The third kappa shape index (κ3) is 2.28. The second-order valence-electron chi connectivity index (χ2n) is 4.69. The molecule has 0 spiro atoms. The van der Waals surface area contributed by atoms with Crippen LogP contribution in [0, 0.1) is 5.82 Å². The molecule has 0 aromatic heterocycles. The number of ketones is 1. The van der Waals surface area contributed by atoms with Crippen LogP contribution in [0.3, 0.4) is 0 Å². The van der Waals surface area contributed by atoms with Crippen molar-refractivity contribution in [2.45, 2.75) is 31.6 Å². The summed E-state index contributed by atoms with van der Waals surface area (Å²) in [6.45, 7) is 7.43. The molecular weight excluding hydrogens is 227 g/mol. The van der Waals surface area contributed by atoms with Crippen LogP contribution in [0.2, 0.25) is 0 Å². The van der Waals surface area contributed by atoms with E-state index in [1.165, 1.54) is 12.1 Å². The van der Waals surface area contributed by atoms with Gasteiger partial charge in [-0.25, -0.2) is 4.39 Å². The van der Waals surface area contributed by atoms with Crippen LogP contribution in [-0.4, -0.2) is 5.78 Å². The zero-order valence-corrected chi connectivity index (χ0v) is 10.4. The lowest BCUT2D eigenvalue weighted by Crippen LogP contribution is -2.13. The summed E-state index contributed by atoms with van der Waals surface area (Å²) < 4.78 is 13.7. The molecular formula is C16H17FO. The molecule has 2 heteroatoms. The fraction of sp³-hybridized carbons (Fsp3) is 0.312. The van der Waals surface area contributed by atoms with Gasteiger partial charge in [0.2, 0.25) is 0 Å². The van der Waals surface area contributed by atoms with Gasteiger partial charge in [-0.3, -0.25) is 4.79 Å². The van der Waals surface area contributed by atoms with Gasteiger partial charge in [0.15, 0.2) is 0 Å². The molecule has 1 fully saturated rings. The summed E-state index contributed by atoms with van der Waals surface area (Å²) in [6.07, 6.45) is 6.17. The maximum Gasteiger partial charge on any atom is 0.132 e. The highest BCUT2D eigenvalue weighted by atomic mass is 19.1. The van der Waals surface area contributed by atoms with E-state index in [-0.39, 0.29) is 5.82 Å². The SMILES string of the molecule is C=Cc1c(F)ccc(C2CCC(=O)CC2)c1C=C. The van der Waals surface area contributed by atoms with Crippen molar-refractivity contribution in [1.82, 2.24) is 0 Å². The zero-order valence-electron chi connectivity index (χ0n) is 10.4. The maximum atomic E-state index is 13.7. The lowest BCUT2D eigenvalue weighted by molar-refractivity contribution is -0.120. The number of Topliss-reactive ketones (excluding diaryl/α,β-unsaturated/α-hetero) is 1. The molecule has 0 N–H and O–H groups in total. The Morgan fingerprint density at radius 2 is 1.72 bits per heavy atom. The average molecular weight is 244 g/mol. The maximum absolute atomic E-state index is 13.7. The van der Waals surface area contributed by atoms with Crippen molar-refractivity contribution in [3.8, 4) is 0 Å². The van der Waals surface area contributed by atoms with Gasteiger partial charge in [0.25, 0.3) is 0 Å². The summed E-state index contributed by atoms with van der Waals surface area (Å²) in [6, 6.07) is 3.30. The number of carbonyl (C=O) groups is 1. The molecule has 0 saturated heterocycles. The van der Waals surface area contributed by atoms with Gasteiger partial charge in [-0.1, -0.05) is 31.4 Å². The second-order valence-corrected chi connectivity index (χ2v) is 4.69. The number of halogens is 1. The predicted octanol–water partition coefficient (Wildman–Crippen LogP) is 4.34. The Hall–Kier alpha value is -1.70. The summed E-state index contributed by atoms with van der Waals surface area (Å²) in [5, 5.41) is 0. The fourth-order valence-electron chi connectivity index (χ4n) is 2.67. The topological polar surface area (TPSA) is 17.1 Å². The van der Waals surface area contributed by atoms with Crippen molar-refractivity contribution in [2.24, 2.45) is 0 Å². The molecule has 0 unspecified atom stereocenters. The normalized spacial score (nSPS) is 16.6. The Bertz CT molecular complexity index is 492. The standard InChI is InChI=1S/C16H17FO/c1-3-13-14(4-2)16(17)10-9-15(13)11-5-7-12(18)8-6-11/h3-4,9-11H,1-2,5-8H2. The zero-order chi connectivity index (χ0) is 13.1. The summed E-state index contributed by atoms with van der Waals surface area (Å²) >= 11 is 0. The molecule has 0 aliphatic heterocycles. The minimum absolute atomic E-state index is 0.268. The van der Waals surface area contributed by atoms with Gasteiger partial charge >= 0.3 is 0 Å². The van der Waals surface area contributed by atoms with Crippen molar-refractivity contribution in [3.05, 3.63) is 47.8 Å². The van der Waals surface area contributed by atoms with E-state index in [0.717, 1.165) is 24.0 Å². The van der Waals surface area contributed by atoms with Crippen LogP contribution >= 0.6 is 0 Å². The smallest absolute Gasteiger partial charge is 0.132 e. The predicted molar refractivity (Wildman–Crippen MR) is 72.8 cm³/mol. The Morgan fingerprint density at radius 3 is 2.28 bits per heavy atom. The quantitative estimate of drug-likeness (QED) is 0.773. The van der Waals surface area contributed by atoms with Gasteiger partial charge in [-0.05, 0) is 36.0 Å². The molecule has 0 heterocycles. The first kappa shape index (κ1) is 12.7. The molecule has 0 atom stereocenters. The van der Waals surface area contributed by atoms with Crippen LogP contribution in [-0.2, 0) is 4.79 Å². The molecule has 1 aromatic carbocycles. The van der Waals surface area contributed by atoms with E-state index in [4.69, 9.17) is 0 Å². The molecule has 1 aliphatic carbocycles. The van der Waals surface area contributed by atoms with E-state index >= 15 is 0 Å². The Kier molecular flexibility index (Phi) is 3.75. The van der Waals surface area contributed by atoms with Crippen LogP contribution in [0.25, 0.3) is 12.2 Å². The number of hydrogen-bond acceptors (Lipinski definition) is 1. The molecule has 1 aliphatic rings. The molecule has 1 saturated carbocycles. The minimum atomic E-state index is -0.268. The van der Waals surface area contributed by atoms with Crippen LogP contribution in [0.1, 0.15) is 48.3 Å². The molecule has 0 bridgehead atoms. The van der Waals surface area contributed by atoms with Gasteiger partial charge in [0.05, 0.1) is 0 Å². The minimum Gasteiger partial charge on any atom is -0.300 e. The van der Waals surface area contributed by atoms with Crippen LogP contribution in [0.4, 0.5) is 4.39 Å². The van der Waals surface area contributed by atoms with E-state index in [0.29, 0.717) is 30.1 Å². The number of rotatable bonds is 3. The third-order valence-corrected chi connectivity index (χ3v) is 3.66. The number of benzene rings is 1.